The molecule has 5 heteroatoms. The molecule has 2 atom stereocenters. The van der Waals surface area contributed by atoms with Crippen molar-refractivity contribution in [3.8, 4) is 5.75 Å². The normalized spacial score (nSPS) is 20.6. The van der Waals surface area contributed by atoms with Crippen LogP contribution >= 0.6 is 15.9 Å². The summed E-state index contributed by atoms with van der Waals surface area (Å²) in [6.07, 6.45) is 1.55. The molecule has 0 saturated carbocycles. The minimum Gasteiger partial charge on any atom is -0.497 e. The number of methoxy groups -OCH3 is 1. The molecule has 1 heterocycles. The molecule has 4 nitrogen and oxygen atoms in total. The fourth-order valence-corrected chi connectivity index (χ4v) is 3.08. The van der Waals surface area contributed by atoms with E-state index >= 15 is 0 Å². The van der Waals surface area contributed by atoms with Crippen molar-refractivity contribution in [2.75, 3.05) is 20.2 Å². The van der Waals surface area contributed by atoms with Crippen LogP contribution in [-0.4, -0.2) is 42.2 Å². The Balaban J connectivity index is 2.14. The van der Waals surface area contributed by atoms with E-state index < -0.39 is 0 Å². The number of aliphatic hydroxyl groups is 1. The molecule has 110 valence electrons. The van der Waals surface area contributed by atoms with Gasteiger partial charge in [-0.05, 0) is 53.9 Å². The molecule has 2 rings (SSSR count). The van der Waals surface area contributed by atoms with Gasteiger partial charge in [-0.1, -0.05) is 0 Å². The third-order valence-corrected chi connectivity index (χ3v) is 4.49. The number of benzene rings is 1. The van der Waals surface area contributed by atoms with Crippen LogP contribution in [0, 0.1) is 5.92 Å². The molecule has 0 radical (unpaired) electrons. The van der Waals surface area contributed by atoms with Gasteiger partial charge in [0.25, 0.3) is 5.91 Å². The quantitative estimate of drug-likeness (QED) is 0.919. The summed E-state index contributed by atoms with van der Waals surface area (Å²) in [6, 6.07) is 5.36. The van der Waals surface area contributed by atoms with E-state index in [2.05, 4.69) is 15.9 Å². The number of likely N-dealkylation sites (tertiary alicyclic amines) is 1. The highest BCUT2D eigenvalue weighted by Gasteiger charge is 2.27. The van der Waals surface area contributed by atoms with Gasteiger partial charge in [-0.15, -0.1) is 0 Å². The topological polar surface area (TPSA) is 49.8 Å². The van der Waals surface area contributed by atoms with Gasteiger partial charge < -0.3 is 14.7 Å². The number of aliphatic hydroxyl groups excluding tert-OH is 1. The summed E-state index contributed by atoms with van der Waals surface area (Å²) in [5, 5.41) is 9.71. The minimum atomic E-state index is -0.370. The van der Waals surface area contributed by atoms with Crippen LogP contribution in [0.2, 0.25) is 0 Å². The number of amides is 1. The lowest BCUT2D eigenvalue weighted by Crippen LogP contribution is -2.43. The minimum absolute atomic E-state index is 0.00452. The highest BCUT2D eigenvalue weighted by atomic mass is 79.9. The molecular formula is C15H20BrNO3. The Morgan fingerprint density at radius 3 is 2.90 bits per heavy atom. The number of carbonyl (C=O) groups is 1. The van der Waals surface area contributed by atoms with Crippen LogP contribution in [0.1, 0.15) is 30.1 Å². The number of ether oxygens (including phenoxy) is 1. The van der Waals surface area contributed by atoms with E-state index in [4.69, 9.17) is 4.74 Å². The van der Waals surface area contributed by atoms with Crippen molar-refractivity contribution >= 4 is 21.8 Å². The molecular weight excluding hydrogens is 322 g/mol. The maximum Gasteiger partial charge on any atom is 0.255 e. The molecule has 1 aliphatic rings. The molecule has 1 aromatic rings. The van der Waals surface area contributed by atoms with E-state index in [1.807, 2.05) is 4.90 Å². The summed E-state index contributed by atoms with van der Waals surface area (Å²) in [6.45, 7) is 3.16. The zero-order chi connectivity index (χ0) is 14.7. The second-order valence-corrected chi connectivity index (χ2v) is 6.09. The molecule has 0 bridgehead atoms. The van der Waals surface area contributed by atoms with Crippen LogP contribution in [0.25, 0.3) is 0 Å². The van der Waals surface area contributed by atoms with Gasteiger partial charge >= 0.3 is 0 Å². The van der Waals surface area contributed by atoms with Gasteiger partial charge in [-0.25, -0.2) is 0 Å². The molecule has 20 heavy (non-hydrogen) atoms. The molecule has 2 unspecified atom stereocenters. The zero-order valence-electron chi connectivity index (χ0n) is 11.8. The van der Waals surface area contributed by atoms with Gasteiger partial charge in [0.2, 0.25) is 0 Å². The van der Waals surface area contributed by atoms with E-state index in [1.165, 1.54) is 0 Å². The lowest BCUT2D eigenvalue weighted by atomic mass is 9.93. The first-order valence-electron chi connectivity index (χ1n) is 6.83. The zero-order valence-corrected chi connectivity index (χ0v) is 13.4. The van der Waals surface area contributed by atoms with Crippen molar-refractivity contribution in [1.29, 1.82) is 0 Å². The highest BCUT2D eigenvalue weighted by molar-refractivity contribution is 9.10. The maximum atomic E-state index is 12.6. The number of hydrogen-bond acceptors (Lipinski definition) is 3. The van der Waals surface area contributed by atoms with Crippen molar-refractivity contribution < 1.29 is 14.6 Å². The lowest BCUT2D eigenvalue weighted by molar-refractivity contribution is 0.0465. The number of rotatable bonds is 3. The summed E-state index contributed by atoms with van der Waals surface area (Å²) in [4.78, 5) is 14.4. The predicted molar refractivity (Wildman–Crippen MR) is 81.0 cm³/mol. The van der Waals surface area contributed by atoms with Gasteiger partial charge in [0.05, 0.1) is 18.8 Å². The SMILES string of the molecule is COc1ccc(C(=O)N2CCCC(C(C)O)C2)c(Br)c1. The Kier molecular flexibility index (Phi) is 5.05. The summed E-state index contributed by atoms with van der Waals surface area (Å²) in [7, 11) is 1.60. The second-order valence-electron chi connectivity index (χ2n) is 5.24. The predicted octanol–water partition coefficient (Wildman–Crippen LogP) is 2.69. The van der Waals surface area contributed by atoms with E-state index in [0.717, 1.165) is 23.9 Å². The first-order chi connectivity index (χ1) is 9.52. The van der Waals surface area contributed by atoms with Crippen LogP contribution in [0.15, 0.2) is 22.7 Å². The third kappa shape index (κ3) is 3.33. The van der Waals surface area contributed by atoms with E-state index in [1.54, 1.807) is 32.2 Å². The van der Waals surface area contributed by atoms with E-state index in [9.17, 15) is 9.90 Å². The fourth-order valence-electron chi connectivity index (χ4n) is 2.55. The molecule has 1 amide bonds. The van der Waals surface area contributed by atoms with Gasteiger partial charge in [-0.2, -0.15) is 0 Å². The number of carbonyl (C=O) groups excluding carboxylic acids is 1. The molecule has 1 N–H and O–H groups in total. The van der Waals surface area contributed by atoms with Crippen LogP contribution in [0.5, 0.6) is 5.75 Å². The molecule has 1 fully saturated rings. The summed E-state index contributed by atoms with van der Waals surface area (Å²) < 4.78 is 5.87. The van der Waals surface area contributed by atoms with Crippen LogP contribution in [0.4, 0.5) is 0 Å². The summed E-state index contributed by atoms with van der Waals surface area (Å²) in [5.41, 5.74) is 0.636. The van der Waals surface area contributed by atoms with E-state index in [-0.39, 0.29) is 17.9 Å². The van der Waals surface area contributed by atoms with Gasteiger partial charge in [0.1, 0.15) is 5.75 Å². The number of halogens is 1. The lowest BCUT2D eigenvalue weighted by Gasteiger charge is -2.34. The largest absolute Gasteiger partial charge is 0.497 e. The van der Waals surface area contributed by atoms with Crippen LogP contribution in [0.3, 0.4) is 0 Å². The Hall–Kier alpha value is -1.07. The van der Waals surface area contributed by atoms with Crippen molar-refractivity contribution in [2.24, 2.45) is 5.92 Å². The van der Waals surface area contributed by atoms with Crippen LogP contribution in [-0.2, 0) is 0 Å². The smallest absolute Gasteiger partial charge is 0.255 e. The standard InChI is InChI=1S/C15H20BrNO3/c1-10(18)11-4-3-7-17(9-11)15(19)13-6-5-12(20-2)8-14(13)16/h5-6,8,10-11,18H,3-4,7,9H2,1-2H3. The van der Waals surface area contributed by atoms with Crippen molar-refractivity contribution in [3.63, 3.8) is 0 Å². The maximum absolute atomic E-state index is 12.6. The molecule has 0 aliphatic carbocycles. The van der Waals surface area contributed by atoms with Crippen LogP contribution < -0.4 is 4.74 Å². The Labute approximate surface area is 127 Å². The Bertz CT molecular complexity index is 490. The van der Waals surface area contributed by atoms with Crippen molar-refractivity contribution in [2.45, 2.75) is 25.9 Å². The van der Waals surface area contributed by atoms with Crippen molar-refractivity contribution in [1.82, 2.24) is 4.90 Å². The molecule has 1 saturated heterocycles. The van der Waals surface area contributed by atoms with E-state index in [0.29, 0.717) is 17.9 Å². The third-order valence-electron chi connectivity index (χ3n) is 3.83. The number of piperidine rings is 1. The Morgan fingerprint density at radius 2 is 2.30 bits per heavy atom. The number of hydrogen-bond donors (Lipinski definition) is 1. The average molecular weight is 342 g/mol. The second kappa shape index (κ2) is 6.59. The summed E-state index contributed by atoms with van der Waals surface area (Å²) in [5.74, 6) is 0.892. The first-order valence-corrected chi connectivity index (χ1v) is 7.63. The molecule has 0 spiro atoms. The monoisotopic (exact) mass is 341 g/mol. The molecule has 1 aliphatic heterocycles. The van der Waals surface area contributed by atoms with Gasteiger partial charge in [0, 0.05) is 23.5 Å². The van der Waals surface area contributed by atoms with Gasteiger partial charge in [0.15, 0.2) is 0 Å². The average Bonchev–Trinajstić information content (AvgIpc) is 2.46. The highest BCUT2D eigenvalue weighted by Crippen LogP contribution is 2.26. The summed E-state index contributed by atoms with van der Waals surface area (Å²) >= 11 is 3.42. The number of nitrogens with zero attached hydrogens (tertiary/aromatic N) is 1. The van der Waals surface area contributed by atoms with Crippen molar-refractivity contribution in [3.05, 3.63) is 28.2 Å². The Morgan fingerprint density at radius 1 is 1.55 bits per heavy atom. The molecule has 0 aromatic heterocycles. The fraction of sp³-hybridized carbons (Fsp3) is 0.533. The van der Waals surface area contributed by atoms with Gasteiger partial charge in [-0.3, -0.25) is 4.79 Å². The first kappa shape index (κ1) is 15.3. The molecule has 1 aromatic carbocycles.